The van der Waals surface area contributed by atoms with Gasteiger partial charge in [-0.1, -0.05) is 13.8 Å². The van der Waals surface area contributed by atoms with Crippen LogP contribution in [0.2, 0.25) is 0 Å². The minimum atomic E-state index is -0.948. The molecule has 0 spiro atoms. The minimum absolute atomic E-state index is 0.0632. The maximum absolute atomic E-state index is 10.1. The summed E-state index contributed by atoms with van der Waals surface area (Å²) in [6, 6.07) is -0.690. The number of nitrogens with two attached hydrogens (primary N) is 1. The first-order valence-electron chi connectivity index (χ1n) is 5.58. The number of hydrogen-bond acceptors (Lipinski definition) is 4. The Balaban J connectivity index is 0. The highest BCUT2D eigenvalue weighted by Crippen LogP contribution is 2.01. The third kappa shape index (κ3) is 16.8. The van der Waals surface area contributed by atoms with E-state index < -0.39 is 23.9 Å². The lowest BCUT2D eigenvalue weighted by Gasteiger charge is -2.07. The molecule has 0 aliphatic carbocycles. The third-order valence-electron chi connectivity index (χ3n) is 1.82. The molecule has 0 rings (SSSR count). The van der Waals surface area contributed by atoms with Crippen molar-refractivity contribution in [3.8, 4) is 0 Å². The van der Waals surface area contributed by atoms with Crippen LogP contribution in [-0.2, 0) is 14.4 Å². The molecule has 0 aliphatic heterocycles. The first kappa shape index (κ1) is 18.7. The standard InChI is InChI=1S/C6H13NO2.C5H8O4/c1-4(2)3-5(7)6(8)9;6-4(7)2-1-3-5(8)9/h4-5H,3,7H2,1-2H3,(H,8,9);1-3H2,(H,6,7)(H,8,9)/t5-;/m1./s1. The van der Waals surface area contributed by atoms with Gasteiger partial charge in [-0.05, 0) is 18.8 Å². The van der Waals surface area contributed by atoms with Gasteiger partial charge in [0, 0.05) is 12.8 Å². The molecule has 0 aromatic carbocycles. The van der Waals surface area contributed by atoms with E-state index in [1.165, 1.54) is 0 Å². The lowest BCUT2D eigenvalue weighted by molar-refractivity contribution is -0.140. The zero-order chi connectivity index (χ0) is 14.7. The van der Waals surface area contributed by atoms with Crippen molar-refractivity contribution in [2.24, 2.45) is 11.7 Å². The van der Waals surface area contributed by atoms with E-state index in [0.29, 0.717) is 12.3 Å². The van der Waals surface area contributed by atoms with Gasteiger partial charge in [0.1, 0.15) is 6.04 Å². The fourth-order valence-corrected chi connectivity index (χ4v) is 1.000. The summed E-state index contributed by atoms with van der Waals surface area (Å²) in [6.45, 7) is 3.89. The lowest BCUT2D eigenvalue weighted by atomic mass is 10.1. The number of carboxylic acids is 3. The Bertz CT molecular complexity index is 263. The zero-order valence-electron chi connectivity index (χ0n) is 10.6. The van der Waals surface area contributed by atoms with Gasteiger partial charge in [0.15, 0.2) is 0 Å². The van der Waals surface area contributed by atoms with E-state index in [4.69, 9.17) is 21.1 Å². The molecule has 0 saturated heterocycles. The van der Waals surface area contributed by atoms with E-state index in [1.807, 2.05) is 13.8 Å². The maximum atomic E-state index is 10.1. The Morgan fingerprint density at radius 1 is 1.00 bits per heavy atom. The average Bonchev–Trinajstić information content (AvgIpc) is 2.15. The normalized spacial score (nSPS) is 11.3. The van der Waals surface area contributed by atoms with Crippen LogP contribution in [0, 0.1) is 5.92 Å². The van der Waals surface area contributed by atoms with E-state index in [9.17, 15) is 14.4 Å². The van der Waals surface area contributed by atoms with Crippen molar-refractivity contribution < 1.29 is 29.7 Å². The minimum Gasteiger partial charge on any atom is -0.481 e. The maximum Gasteiger partial charge on any atom is 0.320 e. The van der Waals surface area contributed by atoms with Crippen LogP contribution in [0.25, 0.3) is 0 Å². The Labute approximate surface area is 106 Å². The third-order valence-corrected chi connectivity index (χ3v) is 1.82. The molecule has 0 aromatic heterocycles. The number of rotatable bonds is 7. The summed E-state index contributed by atoms with van der Waals surface area (Å²) < 4.78 is 0. The van der Waals surface area contributed by atoms with Crippen LogP contribution in [-0.4, -0.2) is 39.3 Å². The molecule has 1 atom stereocenters. The largest absolute Gasteiger partial charge is 0.481 e. The van der Waals surface area contributed by atoms with Gasteiger partial charge in [-0.15, -0.1) is 0 Å². The molecule has 5 N–H and O–H groups in total. The summed E-state index contributed by atoms with van der Waals surface area (Å²) in [4.78, 5) is 29.7. The quantitative estimate of drug-likeness (QED) is 0.532. The molecule has 0 heterocycles. The molecule has 0 aromatic rings. The van der Waals surface area contributed by atoms with Crippen LogP contribution >= 0.6 is 0 Å². The summed E-state index contributed by atoms with van der Waals surface area (Å²) in [7, 11) is 0. The van der Waals surface area contributed by atoms with E-state index >= 15 is 0 Å². The van der Waals surface area contributed by atoms with E-state index in [0.717, 1.165) is 0 Å². The van der Waals surface area contributed by atoms with Crippen LogP contribution in [0.3, 0.4) is 0 Å². The first-order valence-corrected chi connectivity index (χ1v) is 5.58. The van der Waals surface area contributed by atoms with Gasteiger partial charge in [0.05, 0.1) is 0 Å². The van der Waals surface area contributed by atoms with Crippen LogP contribution < -0.4 is 5.73 Å². The van der Waals surface area contributed by atoms with Crippen LogP contribution in [0.4, 0.5) is 0 Å². The van der Waals surface area contributed by atoms with E-state index in [-0.39, 0.29) is 19.3 Å². The van der Waals surface area contributed by atoms with Gasteiger partial charge in [0.2, 0.25) is 0 Å². The van der Waals surface area contributed by atoms with Crippen molar-refractivity contribution in [1.82, 2.24) is 0 Å². The topological polar surface area (TPSA) is 138 Å². The SMILES string of the molecule is CC(C)C[C@@H](N)C(=O)O.O=C(O)CCCC(=O)O. The molecular formula is C11H21NO6. The molecule has 7 heteroatoms. The van der Waals surface area contributed by atoms with Gasteiger partial charge in [-0.25, -0.2) is 0 Å². The van der Waals surface area contributed by atoms with Crippen molar-refractivity contribution in [2.75, 3.05) is 0 Å². The van der Waals surface area contributed by atoms with Crippen molar-refractivity contribution in [2.45, 2.75) is 45.6 Å². The van der Waals surface area contributed by atoms with Crippen molar-refractivity contribution in [1.29, 1.82) is 0 Å². The van der Waals surface area contributed by atoms with Crippen LogP contribution in [0.5, 0.6) is 0 Å². The molecule has 0 unspecified atom stereocenters. The fraction of sp³-hybridized carbons (Fsp3) is 0.727. The molecular weight excluding hydrogens is 242 g/mol. The molecule has 0 radical (unpaired) electrons. The molecule has 0 aliphatic rings. The highest BCUT2D eigenvalue weighted by molar-refractivity contribution is 5.73. The predicted octanol–water partition coefficient (Wildman–Crippen LogP) is 0.770. The summed E-state index contributed by atoms with van der Waals surface area (Å²) >= 11 is 0. The van der Waals surface area contributed by atoms with Crippen molar-refractivity contribution in [3.05, 3.63) is 0 Å². The highest BCUT2D eigenvalue weighted by atomic mass is 16.4. The molecule has 0 saturated carbocycles. The van der Waals surface area contributed by atoms with E-state index in [2.05, 4.69) is 0 Å². The Morgan fingerprint density at radius 2 is 1.39 bits per heavy atom. The molecule has 0 bridgehead atoms. The molecule has 0 amide bonds. The smallest absolute Gasteiger partial charge is 0.320 e. The lowest BCUT2D eigenvalue weighted by Crippen LogP contribution is -2.31. The molecule has 18 heavy (non-hydrogen) atoms. The van der Waals surface area contributed by atoms with Crippen LogP contribution in [0.15, 0.2) is 0 Å². The summed E-state index contributed by atoms with van der Waals surface area (Å²) in [5, 5.41) is 24.4. The van der Waals surface area contributed by atoms with Gasteiger partial charge in [-0.2, -0.15) is 0 Å². The van der Waals surface area contributed by atoms with Gasteiger partial charge >= 0.3 is 17.9 Å². The first-order chi connectivity index (χ1) is 8.16. The van der Waals surface area contributed by atoms with Gasteiger partial charge in [-0.3, -0.25) is 14.4 Å². The van der Waals surface area contributed by atoms with E-state index in [1.54, 1.807) is 0 Å². The van der Waals surface area contributed by atoms with Crippen molar-refractivity contribution >= 4 is 17.9 Å². The van der Waals surface area contributed by atoms with Gasteiger partial charge in [0.25, 0.3) is 0 Å². The number of carbonyl (C=O) groups is 3. The van der Waals surface area contributed by atoms with Crippen LogP contribution in [0.1, 0.15) is 39.5 Å². The monoisotopic (exact) mass is 263 g/mol. The number of aliphatic carboxylic acids is 3. The molecule has 106 valence electrons. The predicted molar refractivity (Wildman–Crippen MR) is 64.2 cm³/mol. The van der Waals surface area contributed by atoms with Gasteiger partial charge < -0.3 is 21.1 Å². The Hall–Kier alpha value is -1.63. The summed E-state index contributed by atoms with van der Waals surface area (Å²) in [5.74, 6) is -2.45. The number of hydrogen-bond donors (Lipinski definition) is 4. The second kappa shape index (κ2) is 10.5. The zero-order valence-corrected chi connectivity index (χ0v) is 10.6. The second-order valence-electron chi connectivity index (χ2n) is 4.22. The second-order valence-corrected chi connectivity index (χ2v) is 4.22. The Kier molecular flexibility index (Phi) is 10.9. The summed E-state index contributed by atoms with van der Waals surface area (Å²) in [5.41, 5.74) is 5.22. The highest BCUT2D eigenvalue weighted by Gasteiger charge is 2.11. The summed E-state index contributed by atoms with van der Waals surface area (Å²) in [6.07, 6.45) is 0.637. The van der Waals surface area contributed by atoms with Crippen molar-refractivity contribution in [3.63, 3.8) is 0 Å². The number of carboxylic acid groups (broad SMARTS) is 3. The fourth-order valence-electron chi connectivity index (χ4n) is 1.000. The average molecular weight is 263 g/mol. The molecule has 0 fully saturated rings. The molecule has 7 nitrogen and oxygen atoms in total. The Morgan fingerprint density at radius 3 is 1.56 bits per heavy atom.